The van der Waals surface area contributed by atoms with E-state index in [-0.39, 0.29) is 17.2 Å². The van der Waals surface area contributed by atoms with E-state index in [0.29, 0.717) is 46.3 Å². The van der Waals surface area contributed by atoms with Gasteiger partial charge >= 0.3 is 0 Å². The summed E-state index contributed by atoms with van der Waals surface area (Å²) in [6.07, 6.45) is 4.70. The lowest BCUT2D eigenvalue weighted by Gasteiger charge is -2.12. The lowest BCUT2D eigenvalue weighted by molar-refractivity contribution is 0.0863. The monoisotopic (exact) mass is 596 g/mol. The van der Waals surface area contributed by atoms with Crippen molar-refractivity contribution in [3.8, 4) is 17.4 Å². The standard InChI is InChI=1S/C28H28Cl4N2O4/c1-19(2)38-34-27(20-8-4-3-5-9-20)21-10-11-26(33-18-21)36-13-6-7-14-37-28-23(29)16-22(17-24(28)30)35-15-12-25(31)32/h3-5,8-12,16-19H,6-7,13-15H2,1-2H3. The van der Waals surface area contributed by atoms with Crippen molar-refractivity contribution in [2.75, 3.05) is 19.8 Å². The Morgan fingerprint density at radius 3 is 2.18 bits per heavy atom. The van der Waals surface area contributed by atoms with Gasteiger partial charge in [-0.1, -0.05) is 81.9 Å². The molecule has 2 aromatic carbocycles. The van der Waals surface area contributed by atoms with Crippen LogP contribution in [0.25, 0.3) is 0 Å². The van der Waals surface area contributed by atoms with Crippen LogP contribution >= 0.6 is 46.4 Å². The number of hydrogen-bond acceptors (Lipinski definition) is 6. The Hall–Kier alpha value is -2.64. The van der Waals surface area contributed by atoms with Crippen molar-refractivity contribution in [1.29, 1.82) is 0 Å². The molecule has 202 valence electrons. The van der Waals surface area contributed by atoms with E-state index in [1.54, 1.807) is 18.3 Å². The number of unbranched alkanes of at least 4 members (excludes halogenated alkanes) is 1. The second-order valence-corrected chi connectivity index (χ2v) is 10.1. The summed E-state index contributed by atoms with van der Waals surface area (Å²) in [4.78, 5) is 9.93. The van der Waals surface area contributed by atoms with Gasteiger partial charge in [0, 0.05) is 35.5 Å². The first-order valence-corrected chi connectivity index (χ1v) is 13.5. The maximum atomic E-state index is 6.30. The highest BCUT2D eigenvalue weighted by atomic mass is 35.5. The van der Waals surface area contributed by atoms with E-state index in [9.17, 15) is 0 Å². The highest BCUT2D eigenvalue weighted by Gasteiger charge is 2.12. The number of nitrogens with zero attached hydrogens (tertiary/aromatic N) is 2. The third-order valence-corrected chi connectivity index (χ3v) is 5.78. The topological polar surface area (TPSA) is 62.2 Å². The summed E-state index contributed by atoms with van der Waals surface area (Å²) in [6, 6.07) is 16.8. The van der Waals surface area contributed by atoms with E-state index in [4.69, 9.17) is 65.5 Å². The zero-order chi connectivity index (χ0) is 27.3. The van der Waals surface area contributed by atoms with Crippen molar-refractivity contribution in [2.24, 2.45) is 5.16 Å². The van der Waals surface area contributed by atoms with Gasteiger partial charge in [-0.05, 0) is 38.8 Å². The fourth-order valence-corrected chi connectivity index (χ4v) is 3.85. The minimum Gasteiger partial charge on any atom is -0.490 e. The number of pyridine rings is 1. The molecule has 0 fully saturated rings. The summed E-state index contributed by atoms with van der Waals surface area (Å²) in [6.45, 7) is 4.96. The molecule has 0 unspecified atom stereocenters. The molecule has 0 N–H and O–H groups in total. The summed E-state index contributed by atoms with van der Waals surface area (Å²) >= 11 is 23.7. The quantitative estimate of drug-likeness (QED) is 0.106. The van der Waals surface area contributed by atoms with Gasteiger partial charge in [-0.3, -0.25) is 0 Å². The van der Waals surface area contributed by atoms with Gasteiger partial charge < -0.3 is 19.0 Å². The second-order valence-electron chi connectivity index (χ2n) is 8.27. The molecule has 3 rings (SSSR count). The van der Waals surface area contributed by atoms with Crippen molar-refractivity contribution < 1.29 is 19.0 Å². The van der Waals surface area contributed by atoms with E-state index < -0.39 is 0 Å². The van der Waals surface area contributed by atoms with Crippen LogP contribution in [0.3, 0.4) is 0 Å². The lowest BCUT2D eigenvalue weighted by atomic mass is 10.0. The van der Waals surface area contributed by atoms with Crippen LogP contribution in [-0.4, -0.2) is 36.6 Å². The number of hydrogen-bond donors (Lipinski definition) is 0. The Kier molecular flexibility index (Phi) is 12.4. The van der Waals surface area contributed by atoms with Crippen LogP contribution in [0.4, 0.5) is 0 Å². The van der Waals surface area contributed by atoms with Crippen LogP contribution in [-0.2, 0) is 4.84 Å². The molecular formula is C28H28Cl4N2O4. The molecule has 0 saturated carbocycles. The predicted molar refractivity (Wildman–Crippen MR) is 155 cm³/mol. The van der Waals surface area contributed by atoms with Gasteiger partial charge in [0.2, 0.25) is 5.88 Å². The van der Waals surface area contributed by atoms with E-state index >= 15 is 0 Å². The first-order valence-electron chi connectivity index (χ1n) is 12.0. The molecular weight excluding hydrogens is 570 g/mol. The Balaban J connectivity index is 1.46. The third kappa shape index (κ3) is 9.91. The second kappa shape index (κ2) is 15.7. The number of rotatable bonds is 14. The van der Waals surface area contributed by atoms with Gasteiger partial charge in [0.1, 0.15) is 28.7 Å². The number of oxime groups is 1. The van der Waals surface area contributed by atoms with Crippen molar-refractivity contribution in [1.82, 2.24) is 4.98 Å². The molecule has 0 bridgehead atoms. The van der Waals surface area contributed by atoms with Crippen LogP contribution in [0, 0.1) is 0 Å². The Morgan fingerprint density at radius 2 is 1.58 bits per heavy atom. The van der Waals surface area contributed by atoms with Gasteiger partial charge in [0.05, 0.1) is 23.3 Å². The summed E-state index contributed by atoms with van der Waals surface area (Å²) in [5.41, 5.74) is 2.49. The van der Waals surface area contributed by atoms with Gasteiger partial charge in [-0.15, -0.1) is 0 Å². The molecule has 0 saturated heterocycles. The molecule has 1 heterocycles. The maximum Gasteiger partial charge on any atom is 0.213 e. The molecule has 10 heteroatoms. The smallest absolute Gasteiger partial charge is 0.213 e. The third-order valence-electron chi connectivity index (χ3n) is 4.91. The molecule has 6 nitrogen and oxygen atoms in total. The van der Waals surface area contributed by atoms with E-state index in [2.05, 4.69) is 10.1 Å². The van der Waals surface area contributed by atoms with Gasteiger partial charge in [-0.2, -0.15) is 0 Å². The van der Waals surface area contributed by atoms with E-state index in [1.807, 2.05) is 56.3 Å². The van der Waals surface area contributed by atoms with Gasteiger partial charge in [0.15, 0.2) is 5.75 Å². The number of benzene rings is 2. The highest BCUT2D eigenvalue weighted by molar-refractivity contribution is 6.55. The highest BCUT2D eigenvalue weighted by Crippen LogP contribution is 2.37. The largest absolute Gasteiger partial charge is 0.490 e. The first-order chi connectivity index (χ1) is 18.3. The number of halogens is 4. The molecule has 0 aliphatic heterocycles. The summed E-state index contributed by atoms with van der Waals surface area (Å²) in [7, 11) is 0. The first kappa shape index (κ1) is 29.9. The predicted octanol–water partition coefficient (Wildman–Crippen LogP) is 8.50. The minimum atomic E-state index is -0.0299. The zero-order valence-corrected chi connectivity index (χ0v) is 24.0. The van der Waals surface area contributed by atoms with Crippen LogP contribution in [0.5, 0.6) is 17.4 Å². The van der Waals surface area contributed by atoms with E-state index in [1.165, 1.54) is 6.08 Å². The molecule has 3 aromatic rings. The van der Waals surface area contributed by atoms with Crippen LogP contribution < -0.4 is 14.2 Å². The molecule has 0 spiro atoms. The summed E-state index contributed by atoms with van der Waals surface area (Å²) < 4.78 is 17.2. The van der Waals surface area contributed by atoms with Crippen molar-refractivity contribution >= 4 is 52.1 Å². The van der Waals surface area contributed by atoms with Gasteiger partial charge in [-0.25, -0.2) is 4.98 Å². The van der Waals surface area contributed by atoms with Crippen molar-refractivity contribution in [2.45, 2.75) is 32.8 Å². The maximum absolute atomic E-state index is 6.30. The van der Waals surface area contributed by atoms with Crippen molar-refractivity contribution in [3.63, 3.8) is 0 Å². The van der Waals surface area contributed by atoms with Crippen LogP contribution in [0.2, 0.25) is 10.0 Å². The summed E-state index contributed by atoms with van der Waals surface area (Å²) in [5.74, 6) is 1.42. The molecule has 38 heavy (non-hydrogen) atoms. The number of aromatic nitrogens is 1. The van der Waals surface area contributed by atoms with E-state index in [0.717, 1.165) is 24.0 Å². The zero-order valence-electron chi connectivity index (χ0n) is 21.0. The van der Waals surface area contributed by atoms with Crippen LogP contribution in [0.15, 0.2) is 76.5 Å². The molecule has 0 aliphatic carbocycles. The molecule has 0 radical (unpaired) electrons. The fourth-order valence-electron chi connectivity index (χ4n) is 3.15. The Labute approximate surface area is 243 Å². The van der Waals surface area contributed by atoms with Crippen molar-refractivity contribution in [3.05, 3.63) is 92.5 Å². The van der Waals surface area contributed by atoms with Crippen LogP contribution in [0.1, 0.15) is 37.8 Å². The molecule has 0 amide bonds. The summed E-state index contributed by atoms with van der Waals surface area (Å²) in [5, 5.41) is 5.04. The van der Waals surface area contributed by atoms with Gasteiger partial charge in [0.25, 0.3) is 0 Å². The molecule has 0 atom stereocenters. The normalized spacial score (nSPS) is 11.3. The average molecular weight is 598 g/mol. The number of ether oxygens (including phenoxy) is 3. The minimum absolute atomic E-state index is 0.0299. The molecule has 1 aromatic heterocycles. The lowest BCUT2D eigenvalue weighted by Crippen LogP contribution is -2.08. The Morgan fingerprint density at radius 1 is 0.895 bits per heavy atom. The fraction of sp³-hybridized carbons (Fsp3) is 0.286. The SMILES string of the molecule is CC(C)ON=C(c1ccccc1)c1ccc(OCCCCOc2c(Cl)cc(OCC=C(Cl)Cl)cc2Cl)nc1. The molecule has 0 aliphatic rings. The average Bonchev–Trinajstić information content (AvgIpc) is 2.88. The Bertz CT molecular complexity index is 1190.